The maximum absolute atomic E-state index is 11.4. The third-order valence-electron chi connectivity index (χ3n) is 2.79. The Morgan fingerprint density at radius 2 is 2.20 bits per heavy atom. The van der Waals surface area contributed by atoms with Crippen LogP contribution in [0.1, 0.15) is 33.3 Å². The van der Waals surface area contributed by atoms with Gasteiger partial charge in [0.25, 0.3) is 0 Å². The van der Waals surface area contributed by atoms with Gasteiger partial charge in [0.2, 0.25) is 0 Å². The fourth-order valence-electron chi connectivity index (χ4n) is 1.79. The standard InChI is InChI=1S/C12H20N2O/c1-5-14-8-11(7-13-14)6-12(9(2)3)10(4)15/h7-9,12H,5-6H2,1-4H3. The average Bonchev–Trinajstić information content (AvgIpc) is 2.60. The van der Waals surface area contributed by atoms with E-state index in [-0.39, 0.29) is 11.7 Å². The Kier molecular flexibility index (Phi) is 4.06. The van der Waals surface area contributed by atoms with Gasteiger partial charge in [0.15, 0.2) is 0 Å². The van der Waals surface area contributed by atoms with Crippen molar-refractivity contribution in [3.05, 3.63) is 18.0 Å². The number of aryl methyl sites for hydroxylation is 1. The van der Waals surface area contributed by atoms with E-state index in [2.05, 4.69) is 25.9 Å². The summed E-state index contributed by atoms with van der Waals surface area (Å²) in [5.41, 5.74) is 1.16. The topological polar surface area (TPSA) is 34.9 Å². The molecule has 0 aliphatic rings. The Balaban J connectivity index is 2.69. The number of hydrogen-bond donors (Lipinski definition) is 0. The van der Waals surface area contributed by atoms with Crippen LogP contribution in [0.3, 0.4) is 0 Å². The Labute approximate surface area is 91.5 Å². The van der Waals surface area contributed by atoms with Crippen molar-refractivity contribution >= 4 is 5.78 Å². The average molecular weight is 208 g/mol. The maximum atomic E-state index is 11.4. The minimum absolute atomic E-state index is 0.125. The summed E-state index contributed by atoms with van der Waals surface area (Å²) in [6.07, 6.45) is 4.70. The van der Waals surface area contributed by atoms with Gasteiger partial charge in [-0.05, 0) is 31.7 Å². The van der Waals surface area contributed by atoms with E-state index in [0.717, 1.165) is 18.5 Å². The van der Waals surface area contributed by atoms with Gasteiger partial charge in [-0.3, -0.25) is 9.48 Å². The second-order valence-corrected chi connectivity index (χ2v) is 4.37. The molecule has 0 aromatic carbocycles. The number of rotatable bonds is 5. The Bertz CT molecular complexity index is 328. The summed E-state index contributed by atoms with van der Waals surface area (Å²) in [5, 5.41) is 4.21. The fraction of sp³-hybridized carbons (Fsp3) is 0.667. The molecule has 1 rings (SSSR count). The Morgan fingerprint density at radius 1 is 1.53 bits per heavy atom. The number of ketones is 1. The molecule has 1 unspecified atom stereocenters. The minimum Gasteiger partial charge on any atom is -0.300 e. The van der Waals surface area contributed by atoms with E-state index in [0.29, 0.717) is 5.92 Å². The molecule has 1 aromatic heterocycles. The molecule has 3 heteroatoms. The lowest BCUT2D eigenvalue weighted by atomic mass is 9.87. The SMILES string of the molecule is CCn1cc(CC(C(C)=O)C(C)C)cn1. The van der Waals surface area contributed by atoms with Crippen molar-refractivity contribution in [1.82, 2.24) is 9.78 Å². The van der Waals surface area contributed by atoms with E-state index < -0.39 is 0 Å². The molecule has 3 nitrogen and oxygen atoms in total. The van der Waals surface area contributed by atoms with Gasteiger partial charge in [-0.25, -0.2) is 0 Å². The van der Waals surface area contributed by atoms with Crippen molar-refractivity contribution in [2.24, 2.45) is 11.8 Å². The molecule has 0 radical (unpaired) electrons. The first kappa shape index (κ1) is 12.0. The number of Topliss-reactive ketones (excluding diaryl/α,β-unsaturated/α-hetero) is 1. The lowest BCUT2D eigenvalue weighted by molar-refractivity contribution is -0.121. The highest BCUT2D eigenvalue weighted by atomic mass is 16.1. The number of nitrogens with zero attached hydrogens (tertiary/aromatic N) is 2. The molecule has 84 valence electrons. The zero-order valence-electron chi connectivity index (χ0n) is 10.0. The highest BCUT2D eigenvalue weighted by molar-refractivity contribution is 5.78. The first-order chi connectivity index (χ1) is 7.04. The van der Waals surface area contributed by atoms with Gasteiger partial charge >= 0.3 is 0 Å². The normalized spacial score (nSPS) is 13.1. The zero-order chi connectivity index (χ0) is 11.4. The monoisotopic (exact) mass is 208 g/mol. The molecule has 0 saturated heterocycles. The smallest absolute Gasteiger partial charge is 0.133 e. The van der Waals surface area contributed by atoms with Crippen molar-refractivity contribution in [1.29, 1.82) is 0 Å². The Morgan fingerprint density at radius 3 is 2.60 bits per heavy atom. The van der Waals surface area contributed by atoms with Crippen molar-refractivity contribution in [3.63, 3.8) is 0 Å². The first-order valence-corrected chi connectivity index (χ1v) is 5.56. The van der Waals surface area contributed by atoms with Crippen LogP contribution in [0.15, 0.2) is 12.4 Å². The van der Waals surface area contributed by atoms with Crippen LogP contribution in [-0.2, 0) is 17.8 Å². The van der Waals surface area contributed by atoms with Crippen LogP contribution >= 0.6 is 0 Å². The zero-order valence-corrected chi connectivity index (χ0v) is 10.0. The van der Waals surface area contributed by atoms with E-state index >= 15 is 0 Å². The number of carbonyl (C=O) groups excluding carboxylic acids is 1. The van der Waals surface area contributed by atoms with Crippen molar-refractivity contribution in [2.75, 3.05) is 0 Å². The largest absolute Gasteiger partial charge is 0.300 e. The van der Waals surface area contributed by atoms with Crippen molar-refractivity contribution in [3.8, 4) is 0 Å². The van der Waals surface area contributed by atoms with E-state index in [1.807, 2.05) is 17.1 Å². The molecule has 0 bridgehead atoms. The summed E-state index contributed by atoms with van der Waals surface area (Å²) in [6.45, 7) is 8.80. The van der Waals surface area contributed by atoms with Gasteiger partial charge in [-0.2, -0.15) is 5.10 Å². The van der Waals surface area contributed by atoms with Gasteiger partial charge in [0, 0.05) is 18.7 Å². The highest BCUT2D eigenvalue weighted by Gasteiger charge is 2.19. The van der Waals surface area contributed by atoms with E-state index in [1.165, 1.54) is 0 Å². The van der Waals surface area contributed by atoms with Crippen LogP contribution < -0.4 is 0 Å². The van der Waals surface area contributed by atoms with E-state index in [1.54, 1.807) is 6.92 Å². The van der Waals surface area contributed by atoms with E-state index in [9.17, 15) is 4.79 Å². The highest BCUT2D eigenvalue weighted by Crippen LogP contribution is 2.17. The van der Waals surface area contributed by atoms with Crippen LogP contribution in [0.4, 0.5) is 0 Å². The summed E-state index contributed by atoms with van der Waals surface area (Å²) in [6, 6.07) is 0. The van der Waals surface area contributed by atoms with Crippen molar-refractivity contribution < 1.29 is 4.79 Å². The lowest BCUT2D eigenvalue weighted by Crippen LogP contribution is -2.19. The predicted molar refractivity (Wildman–Crippen MR) is 60.6 cm³/mol. The number of aromatic nitrogens is 2. The third-order valence-corrected chi connectivity index (χ3v) is 2.79. The van der Waals surface area contributed by atoms with Crippen LogP contribution in [0, 0.1) is 11.8 Å². The number of carbonyl (C=O) groups is 1. The maximum Gasteiger partial charge on any atom is 0.133 e. The molecule has 0 aliphatic carbocycles. The molecule has 0 amide bonds. The summed E-state index contributed by atoms with van der Waals surface area (Å²) >= 11 is 0. The molecule has 1 aromatic rings. The summed E-state index contributed by atoms with van der Waals surface area (Å²) < 4.78 is 1.90. The molecular formula is C12H20N2O. The second-order valence-electron chi connectivity index (χ2n) is 4.37. The van der Waals surface area contributed by atoms with Crippen LogP contribution in [-0.4, -0.2) is 15.6 Å². The molecule has 1 heterocycles. The molecule has 0 spiro atoms. The third kappa shape index (κ3) is 3.18. The summed E-state index contributed by atoms with van der Waals surface area (Å²) in [7, 11) is 0. The van der Waals surface area contributed by atoms with Gasteiger partial charge in [0.1, 0.15) is 5.78 Å². The molecular weight excluding hydrogens is 188 g/mol. The van der Waals surface area contributed by atoms with Gasteiger partial charge in [-0.15, -0.1) is 0 Å². The first-order valence-electron chi connectivity index (χ1n) is 5.56. The summed E-state index contributed by atoms with van der Waals surface area (Å²) in [5.74, 6) is 0.793. The van der Waals surface area contributed by atoms with Crippen LogP contribution in [0.5, 0.6) is 0 Å². The lowest BCUT2D eigenvalue weighted by Gasteiger charge is -2.16. The number of hydrogen-bond acceptors (Lipinski definition) is 2. The van der Waals surface area contributed by atoms with E-state index in [4.69, 9.17) is 0 Å². The minimum atomic E-state index is 0.125. The molecule has 0 fully saturated rings. The quantitative estimate of drug-likeness (QED) is 0.744. The molecule has 15 heavy (non-hydrogen) atoms. The van der Waals surface area contributed by atoms with Gasteiger partial charge in [0.05, 0.1) is 6.20 Å². The van der Waals surface area contributed by atoms with Crippen LogP contribution in [0.2, 0.25) is 0 Å². The van der Waals surface area contributed by atoms with Gasteiger partial charge < -0.3 is 0 Å². The molecule has 0 saturated carbocycles. The van der Waals surface area contributed by atoms with Crippen molar-refractivity contribution in [2.45, 2.75) is 40.7 Å². The van der Waals surface area contributed by atoms with Gasteiger partial charge in [-0.1, -0.05) is 13.8 Å². The Hall–Kier alpha value is -1.12. The summed E-state index contributed by atoms with van der Waals surface area (Å²) in [4.78, 5) is 11.4. The predicted octanol–water partition coefficient (Wildman–Crippen LogP) is 2.31. The second kappa shape index (κ2) is 5.10. The molecule has 0 aliphatic heterocycles. The van der Waals surface area contributed by atoms with Crippen LogP contribution in [0.25, 0.3) is 0 Å². The fourth-order valence-corrected chi connectivity index (χ4v) is 1.79. The molecule has 0 N–H and O–H groups in total. The molecule has 1 atom stereocenters.